The zero-order valence-corrected chi connectivity index (χ0v) is 11.8. The first kappa shape index (κ1) is 15.0. The van der Waals surface area contributed by atoms with Crippen molar-refractivity contribution in [2.45, 2.75) is 13.5 Å². The molecule has 0 aliphatic rings. The van der Waals surface area contributed by atoms with Crippen molar-refractivity contribution in [2.75, 3.05) is 24.3 Å². The van der Waals surface area contributed by atoms with Crippen LogP contribution in [0.3, 0.4) is 0 Å². The van der Waals surface area contributed by atoms with E-state index in [2.05, 4.69) is 20.6 Å². The molecule has 0 atom stereocenters. The number of halogens is 2. The molecular weight excluding hydrogens is 278 g/mol. The van der Waals surface area contributed by atoms with Gasteiger partial charge in [-0.2, -0.15) is 0 Å². The Labute approximate surface area is 121 Å². The van der Waals surface area contributed by atoms with Gasteiger partial charge in [0.25, 0.3) is 0 Å². The minimum absolute atomic E-state index is 0.0110. The minimum Gasteiger partial charge on any atom is -0.481 e. The summed E-state index contributed by atoms with van der Waals surface area (Å²) in [5, 5.41) is 5.57. The number of methoxy groups -OCH3 is 1. The van der Waals surface area contributed by atoms with E-state index in [4.69, 9.17) is 4.74 Å². The zero-order chi connectivity index (χ0) is 15.2. The SMILES string of the molecule is CCNc1nc(NCc2ccnc(OC)c2)c(F)cc1F. The third-order valence-corrected chi connectivity index (χ3v) is 2.74. The van der Waals surface area contributed by atoms with Crippen LogP contribution in [0.2, 0.25) is 0 Å². The van der Waals surface area contributed by atoms with Crippen molar-refractivity contribution in [1.82, 2.24) is 9.97 Å². The predicted molar refractivity (Wildman–Crippen MR) is 76.4 cm³/mol. The topological polar surface area (TPSA) is 59.1 Å². The molecule has 2 aromatic rings. The molecule has 0 bridgehead atoms. The molecule has 0 saturated carbocycles. The molecule has 2 N–H and O–H groups in total. The molecule has 7 heteroatoms. The smallest absolute Gasteiger partial charge is 0.213 e. The monoisotopic (exact) mass is 294 g/mol. The number of ether oxygens (including phenoxy) is 1. The standard InChI is InChI=1S/C14H16F2N4O/c1-3-17-13-10(15)7-11(16)14(20-13)19-8-9-4-5-18-12(6-9)21-2/h4-7H,3,8H2,1-2H3,(H2,17,19,20). The van der Waals surface area contributed by atoms with Crippen LogP contribution < -0.4 is 15.4 Å². The quantitative estimate of drug-likeness (QED) is 0.858. The summed E-state index contributed by atoms with van der Waals surface area (Å²) in [6.07, 6.45) is 1.59. The number of hydrogen-bond donors (Lipinski definition) is 2. The van der Waals surface area contributed by atoms with E-state index >= 15 is 0 Å². The highest BCUT2D eigenvalue weighted by molar-refractivity contribution is 5.47. The van der Waals surface area contributed by atoms with Gasteiger partial charge in [0.15, 0.2) is 23.3 Å². The molecule has 0 radical (unpaired) electrons. The van der Waals surface area contributed by atoms with E-state index in [0.29, 0.717) is 19.0 Å². The lowest BCUT2D eigenvalue weighted by atomic mass is 10.2. The number of aromatic nitrogens is 2. The van der Waals surface area contributed by atoms with Crippen molar-refractivity contribution in [2.24, 2.45) is 0 Å². The second-order valence-electron chi connectivity index (χ2n) is 4.24. The van der Waals surface area contributed by atoms with E-state index in [-0.39, 0.29) is 11.6 Å². The van der Waals surface area contributed by atoms with Crippen LogP contribution in [0.15, 0.2) is 24.4 Å². The molecule has 0 fully saturated rings. The van der Waals surface area contributed by atoms with E-state index in [0.717, 1.165) is 11.6 Å². The van der Waals surface area contributed by atoms with Gasteiger partial charge in [0.05, 0.1) is 7.11 Å². The second-order valence-corrected chi connectivity index (χ2v) is 4.24. The Balaban J connectivity index is 2.13. The van der Waals surface area contributed by atoms with Crippen LogP contribution in [0.5, 0.6) is 5.88 Å². The van der Waals surface area contributed by atoms with Gasteiger partial charge >= 0.3 is 0 Å². The second kappa shape index (κ2) is 6.83. The summed E-state index contributed by atoms with van der Waals surface area (Å²) in [4.78, 5) is 7.88. The van der Waals surface area contributed by atoms with Crippen LogP contribution in [0.1, 0.15) is 12.5 Å². The molecule has 0 aliphatic carbocycles. The molecule has 2 rings (SSSR count). The first-order valence-corrected chi connectivity index (χ1v) is 6.46. The maximum Gasteiger partial charge on any atom is 0.213 e. The number of nitrogens with zero attached hydrogens (tertiary/aromatic N) is 2. The fourth-order valence-corrected chi connectivity index (χ4v) is 1.74. The molecule has 0 amide bonds. The average Bonchev–Trinajstić information content (AvgIpc) is 2.49. The summed E-state index contributed by atoms with van der Waals surface area (Å²) in [6.45, 7) is 2.62. The van der Waals surface area contributed by atoms with Crippen LogP contribution in [0.4, 0.5) is 20.4 Å². The summed E-state index contributed by atoms with van der Waals surface area (Å²) in [5.74, 6) is -0.979. The lowest BCUT2D eigenvalue weighted by Gasteiger charge is -2.10. The third kappa shape index (κ3) is 3.77. The van der Waals surface area contributed by atoms with Crippen molar-refractivity contribution in [3.8, 4) is 5.88 Å². The summed E-state index contributed by atoms with van der Waals surface area (Å²) in [5.41, 5.74) is 0.845. The molecular formula is C14H16F2N4O. The van der Waals surface area contributed by atoms with Gasteiger partial charge in [-0.3, -0.25) is 0 Å². The molecule has 0 aromatic carbocycles. The molecule has 0 aliphatic heterocycles. The Morgan fingerprint density at radius 2 is 1.86 bits per heavy atom. The lowest BCUT2D eigenvalue weighted by Crippen LogP contribution is -2.09. The van der Waals surface area contributed by atoms with Gasteiger partial charge in [0.1, 0.15) is 0 Å². The Kier molecular flexibility index (Phi) is 4.86. The van der Waals surface area contributed by atoms with Crippen molar-refractivity contribution in [3.05, 3.63) is 41.6 Å². The molecule has 0 unspecified atom stereocenters. The lowest BCUT2D eigenvalue weighted by molar-refractivity contribution is 0.397. The Morgan fingerprint density at radius 3 is 2.52 bits per heavy atom. The van der Waals surface area contributed by atoms with Gasteiger partial charge in [-0.25, -0.2) is 18.7 Å². The van der Waals surface area contributed by atoms with Crippen molar-refractivity contribution in [3.63, 3.8) is 0 Å². The zero-order valence-electron chi connectivity index (χ0n) is 11.8. The van der Waals surface area contributed by atoms with Crippen LogP contribution in [-0.4, -0.2) is 23.6 Å². The van der Waals surface area contributed by atoms with Gasteiger partial charge in [-0.15, -0.1) is 0 Å². The van der Waals surface area contributed by atoms with E-state index < -0.39 is 11.6 Å². The van der Waals surface area contributed by atoms with Crippen LogP contribution in [0.25, 0.3) is 0 Å². The Morgan fingerprint density at radius 1 is 1.14 bits per heavy atom. The van der Waals surface area contributed by atoms with E-state index in [1.165, 1.54) is 7.11 Å². The summed E-state index contributed by atoms with van der Waals surface area (Å²) >= 11 is 0. The summed E-state index contributed by atoms with van der Waals surface area (Å²) < 4.78 is 32.2. The van der Waals surface area contributed by atoms with Gasteiger partial charge in [0, 0.05) is 31.4 Å². The predicted octanol–water partition coefficient (Wildman–Crippen LogP) is 2.81. The average molecular weight is 294 g/mol. The Hall–Kier alpha value is -2.44. The first-order chi connectivity index (χ1) is 10.1. The van der Waals surface area contributed by atoms with Crippen LogP contribution in [-0.2, 0) is 6.54 Å². The largest absolute Gasteiger partial charge is 0.481 e. The first-order valence-electron chi connectivity index (χ1n) is 6.46. The normalized spacial score (nSPS) is 10.3. The minimum atomic E-state index is -0.741. The number of anilines is 2. The van der Waals surface area contributed by atoms with Crippen LogP contribution >= 0.6 is 0 Å². The molecule has 0 spiro atoms. The number of nitrogens with one attached hydrogen (secondary N) is 2. The van der Waals surface area contributed by atoms with Gasteiger partial charge in [-0.1, -0.05) is 0 Å². The van der Waals surface area contributed by atoms with E-state index in [1.54, 1.807) is 25.3 Å². The van der Waals surface area contributed by atoms with Crippen molar-refractivity contribution in [1.29, 1.82) is 0 Å². The third-order valence-electron chi connectivity index (χ3n) is 2.74. The maximum absolute atomic E-state index is 13.7. The van der Waals surface area contributed by atoms with Crippen molar-refractivity contribution < 1.29 is 13.5 Å². The highest BCUT2D eigenvalue weighted by Gasteiger charge is 2.11. The maximum atomic E-state index is 13.7. The van der Waals surface area contributed by atoms with Gasteiger partial charge in [-0.05, 0) is 18.6 Å². The van der Waals surface area contributed by atoms with Gasteiger partial charge in [0.2, 0.25) is 5.88 Å². The molecule has 112 valence electrons. The molecule has 2 heterocycles. The molecule has 21 heavy (non-hydrogen) atoms. The molecule has 2 aromatic heterocycles. The van der Waals surface area contributed by atoms with Crippen LogP contribution in [0, 0.1) is 11.6 Å². The van der Waals surface area contributed by atoms with E-state index in [9.17, 15) is 8.78 Å². The molecule has 5 nitrogen and oxygen atoms in total. The number of pyridine rings is 2. The Bertz CT molecular complexity index is 622. The highest BCUT2D eigenvalue weighted by atomic mass is 19.1. The summed E-state index contributed by atoms with van der Waals surface area (Å²) in [7, 11) is 1.52. The van der Waals surface area contributed by atoms with E-state index in [1.807, 2.05) is 0 Å². The number of hydrogen-bond acceptors (Lipinski definition) is 5. The fourth-order valence-electron chi connectivity index (χ4n) is 1.74. The number of rotatable bonds is 6. The fraction of sp³-hybridized carbons (Fsp3) is 0.286. The highest BCUT2D eigenvalue weighted by Crippen LogP contribution is 2.20. The molecule has 0 saturated heterocycles. The van der Waals surface area contributed by atoms with Crippen molar-refractivity contribution >= 4 is 11.6 Å². The van der Waals surface area contributed by atoms with Gasteiger partial charge < -0.3 is 15.4 Å². The summed E-state index contributed by atoms with van der Waals surface area (Å²) in [6, 6.07) is 4.29.